The molecule has 7 heteroatoms. The van der Waals surface area contributed by atoms with E-state index in [1.807, 2.05) is 66.7 Å². The number of carbonyl (C=O) groups is 2. The van der Waals surface area contributed by atoms with E-state index in [0.717, 1.165) is 16.7 Å². The van der Waals surface area contributed by atoms with E-state index in [-0.39, 0.29) is 18.5 Å². The van der Waals surface area contributed by atoms with Crippen LogP contribution in [0.15, 0.2) is 79.1 Å². The number of aromatic nitrogens is 1. The van der Waals surface area contributed by atoms with E-state index >= 15 is 0 Å². The van der Waals surface area contributed by atoms with Crippen molar-refractivity contribution < 1.29 is 14.3 Å². The van der Waals surface area contributed by atoms with Crippen molar-refractivity contribution in [2.24, 2.45) is 0 Å². The number of amides is 3. The van der Waals surface area contributed by atoms with Crippen LogP contribution in [0.25, 0.3) is 11.1 Å². The molecule has 1 heterocycles. The van der Waals surface area contributed by atoms with Crippen molar-refractivity contribution >= 4 is 11.9 Å². The first-order valence-electron chi connectivity index (χ1n) is 10.2. The van der Waals surface area contributed by atoms with Gasteiger partial charge in [-0.25, -0.2) is 4.79 Å². The average Bonchev–Trinajstić information content (AvgIpc) is 2.82. The summed E-state index contributed by atoms with van der Waals surface area (Å²) in [6.07, 6.45) is 4.01. The molecule has 31 heavy (non-hydrogen) atoms. The van der Waals surface area contributed by atoms with Gasteiger partial charge in [0.2, 0.25) is 0 Å². The summed E-state index contributed by atoms with van der Waals surface area (Å²) in [5.74, 6) is 0.458. The Labute approximate surface area is 181 Å². The Morgan fingerprint density at radius 3 is 2.42 bits per heavy atom. The van der Waals surface area contributed by atoms with Gasteiger partial charge in [-0.05, 0) is 29.7 Å². The van der Waals surface area contributed by atoms with Crippen molar-refractivity contribution in [3.05, 3.63) is 84.7 Å². The lowest BCUT2D eigenvalue weighted by Crippen LogP contribution is -2.37. The Morgan fingerprint density at radius 2 is 1.61 bits per heavy atom. The predicted molar refractivity (Wildman–Crippen MR) is 119 cm³/mol. The molecule has 0 aliphatic heterocycles. The molecule has 0 spiro atoms. The number of hydrogen-bond acceptors (Lipinski definition) is 4. The Morgan fingerprint density at radius 1 is 0.839 bits per heavy atom. The van der Waals surface area contributed by atoms with E-state index in [1.54, 1.807) is 12.4 Å². The van der Waals surface area contributed by atoms with Crippen molar-refractivity contribution in [3.63, 3.8) is 0 Å². The van der Waals surface area contributed by atoms with Crippen LogP contribution in [0.3, 0.4) is 0 Å². The van der Waals surface area contributed by atoms with Crippen LogP contribution in [0.1, 0.15) is 12.0 Å². The summed E-state index contributed by atoms with van der Waals surface area (Å²) >= 11 is 0. The zero-order valence-corrected chi connectivity index (χ0v) is 17.2. The molecule has 0 aliphatic rings. The van der Waals surface area contributed by atoms with Gasteiger partial charge in [0.25, 0.3) is 5.91 Å². The Kier molecular flexibility index (Phi) is 8.43. The Hall–Kier alpha value is -3.87. The van der Waals surface area contributed by atoms with Crippen LogP contribution < -0.4 is 20.7 Å². The lowest BCUT2D eigenvalue weighted by Gasteiger charge is -2.12. The molecule has 160 valence electrons. The van der Waals surface area contributed by atoms with Crippen LogP contribution in [0.5, 0.6) is 5.75 Å². The van der Waals surface area contributed by atoms with Crippen LogP contribution in [0.4, 0.5) is 4.79 Å². The van der Waals surface area contributed by atoms with Gasteiger partial charge < -0.3 is 20.7 Å². The number of rotatable bonds is 10. The van der Waals surface area contributed by atoms with Gasteiger partial charge in [-0.2, -0.15) is 0 Å². The van der Waals surface area contributed by atoms with Gasteiger partial charge in [0, 0.05) is 37.6 Å². The predicted octanol–water partition coefficient (Wildman–Crippen LogP) is 3.13. The van der Waals surface area contributed by atoms with Gasteiger partial charge in [0.1, 0.15) is 5.75 Å². The van der Waals surface area contributed by atoms with Gasteiger partial charge in [-0.3, -0.25) is 9.78 Å². The third kappa shape index (κ3) is 7.47. The van der Waals surface area contributed by atoms with Gasteiger partial charge in [0.15, 0.2) is 6.61 Å². The highest BCUT2D eigenvalue weighted by Gasteiger charge is 2.08. The van der Waals surface area contributed by atoms with E-state index in [4.69, 9.17) is 4.74 Å². The molecule has 0 aliphatic carbocycles. The highest BCUT2D eigenvalue weighted by atomic mass is 16.5. The molecule has 0 unspecified atom stereocenters. The van der Waals surface area contributed by atoms with E-state index in [0.29, 0.717) is 31.8 Å². The summed E-state index contributed by atoms with van der Waals surface area (Å²) in [6, 6.07) is 21.0. The van der Waals surface area contributed by atoms with Crippen molar-refractivity contribution in [2.45, 2.75) is 13.0 Å². The minimum absolute atomic E-state index is 0.0666. The summed E-state index contributed by atoms with van der Waals surface area (Å²) in [4.78, 5) is 27.8. The first kappa shape index (κ1) is 21.8. The van der Waals surface area contributed by atoms with E-state index in [9.17, 15) is 9.59 Å². The van der Waals surface area contributed by atoms with E-state index < -0.39 is 0 Å². The van der Waals surface area contributed by atoms with Crippen LogP contribution in [0.2, 0.25) is 0 Å². The summed E-state index contributed by atoms with van der Waals surface area (Å²) in [7, 11) is 0. The second kappa shape index (κ2) is 12.0. The second-order valence-electron chi connectivity index (χ2n) is 6.83. The number of carbonyl (C=O) groups excluding carboxylic acids is 2. The number of benzene rings is 2. The summed E-state index contributed by atoms with van der Waals surface area (Å²) in [6.45, 7) is 1.25. The topological polar surface area (TPSA) is 92.4 Å². The van der Waals surface area contributed by atoms with Crippen molar-refractivity contribution in [2.75, 3.05) is 19.7 Å². The Balaban J connectivity index is 1.31. The third-order valence-corrected chi connectivity index (χ3v) is 4.47. The second-order valence-corrected chi connectivity index (χ2v) is 6.83. The molecule has 0 atom stereocenters. The van der Waals surface area contributed by atoms with Crippen molar-refractivity contribution in [1.29, 1.82) is 0 Å². The molecule has 7 nitrogen and oxygen atoms in total. The molecule has 0 saturated carbocycles. The normalized spacial score (nSPS) is 10.2. The van der Waals surface area contributed by atoms with Crippen molar-refractivity contribution in [3.8, 4) is 16.9 Å². The SMILES string of the molecule is O=C(COc1ccccc1-c1ccccc1)NCCCNC(=O)NCc1cccnc1. The fraction of sp³-hybridized carbons (Fsp3) is 0.208. The number of ether oxygens (including phenoxy) is 1. The number of urea groups is 1. The maximum atomic E-state index is 12.1. The van der Waals surface area contributed by atoms with Gasteiger partial charge in [0.05, 0.1) is 0 Å². The lowest BCUT2D eigenvalue weighted by molar-refractivity contribution is -0.123. The average molecular weight is 418 g/mol. The number of hydrogen-bond donors (Lipinski definition) is 3. The van der Waals surface area contributed by atoms with Crippen LogP contribution in [-0.4, -0.2) is 36.6 Å². The minimum Gasteiger partial charge on any atom is -0.483 e. The fourth-order valence-electron chi connectivity index (χ4n) is 2.91. The largest absolute Gasteiger partial charge is 0.483 e. The summed E-state index contributed by atoms with van der Waals surface area (Å²) in [5, 5.41) is 8.32. The standard InChI is InChI=1S/C24H26N4O3/c29-23(18-31-22-12-5-4-11-21(22)20-9-2-1-3-10-20)26-14-7-15-27-24(30)28-17-19-8-6-13-25-16-19/h1-6,8-13,16H,7,14-15,17-18H2,(H,26,29)(H2,27,28,30). The highest BCUT2D eigenvalue weighted by Crippen LogP contribution is 2.29. The van der Waals surface area contributed by atoms with E-state index in [1.165, 1.54) is 0 Å². The van der Waals surface area contributed by atoms with Crippen LogP contribution in [0, 0.1) is 0 Å². The first-order valence-corrected chi connectivity index (χ1v) is 10.2. The van der Waals surface area contributed by atoms with Crippen LogP contribution >= 0.6 is 0 Å². The molecular weight excluding hydrogens is 392 g/mol. The Bertz CT molecular complexity index is 965. The zero-order valence-electron chi connectivity index (χ0n) is 17.2. The maximum Gasteiger partial charge on any atom is 0.315 e. The summed E-state index contributed by atoms with van der Waals surface area (Å²) < 4.78 is 5.73. The molecule has 2 aromatic carbocycles. The number of nitrogens with zero attached hydrogens (tertiary/aromatic N) is 1. The lowest BCUT2D eigenvalue weighted by atomic mass is 10.1. The molecule has 1 aromatic heterocycles. The quantitative estimate of drug-likeness (QED) is 0.441. The zero-order chi connectivity index (χ0) is 21.7. The molecule has 3 amide bonds. The molecule has 0 saturated heterocycles. The molecular formula is C24H26N4O3. The highest BCUT2D eigenvalue weighted by molar-refractivity contribution is 5.78. The van der Waals surface area contributed by atoms with E-state index in [2.05, 4.69) is 20.9 Å². The fourth-order valence-corrected chi connectivity index (χ4v) is 2.91. The monoisotopic (exact) mass is 418 g/mol. The number of pyridine rings is 1. The molecule has 0 bridgehead atoms. The summed E-state index contributed by atoms with van der Waals surface area (Å²) in [5.41, 5.74) is 2.91. The molecule has 0 radical (unpaired) electrons. The molecule has 3 rings (SSSR count). The molecule has 3 aromatic rings. The van der Waals surface area contributed by atoms with Gasteiger partial charge >= 0.3 is 6.03 Å². The van der Waals surface area contributed by atoms with Gasteiger partial charge in [-0.15, -0.1) is 0 Å². The maximum absolute atomic E-state index is 12.1. The molecule has 3 N–H and O–H groups in total. The van der Waals surface area contributed by atoms with Gasteiger partial charge in [-0.1, -0.05) is 54.6 Å². The first-order chi connectivity index (χ1) is 15.2. The third-order valence-electron chi connectivity index (χ3n) is 4.47. The number of nitrogens with one attached hydrogen (secondary N) is 3. The van der Waals surface area contributed by atoms with Crippen LogP contribution in [-0.2, 0) is 11.3 Å². The molecule has 0 fully saturated rings. The number of para-hydroxylation sites is 1. The smallest absolute Gasteiger partial charge is 0.315 e. The minimum atomic E-state index is -0.254. The van der Waals surface area contributed by atoms with Crippen molar-refractivity contribution in [1.82, 2.24) is 20.9 Å².